The number of rotatable bonds is 6. The van der Waals surface area contributed by atoms with Crippen LogP contribution in [0.1, 0.15) is 23.7 Å². The van der Waals surface area contributed by atoms with Crippen LogP contribution in [-0.2, 0) is 4.79 Å². The molecule has 1 rings (SSSR count). The van der Waals surface area contributed by atoms with Crippen LogP contribution in [0.4, 0.5) is 11.5 Å². The van der Waals surface area contributed by atoms with Gasteiger partial charge >= 0.3 is 0 Å². The summed E-state index contributed by atoms with van der Waals surface area (Å²) in [7, 11) is 3.38. The number of aromatic nitrogens is 1. The summed E-state index contributed by atoms with van der Waals surface area (Å²) in [5, 5.41) is 0. The van der Waals surface area contributed by atoms with E-state index >= 15 is 0 Å². The minimum atomic E-state index is -0.610. The largest absolute Gasteiger partial charge is 0.397 e. The maximum atomic E-state index is 11.8. The molecule has 7 nitrogen and oxygen atoms in total. The molecule has 0 unspecified atom stereocenters. The SMILES string of the molecule is CCCN(CC(=O)N(C)C)c1cc(C(N)=O)c(N)cn1. The van der Waals surface area contributed by atoms with Gasteiger partial charge in [0.15, 0.2) is 0 Å². The van der Waals surface area contributed by atoms with E-state index in [1.165, 1.54) is 17.2 Å². The molecule has 0 fully saturated rings. The van der Waals surface area contributed by atoms with Crippen molar-refractivity contribution in [2.75, 3.05) is 37.8 Å². The lowest BCUT2D eigenvalue weighted by Gasteiger charge is -2.24. The van der Waals surface area contributed by atoms with Gasteiger partial charge in [-0.15, -0.1) is 0 Å². The molecule has 7 heteroatoms. The van der Waals surface area contributed by atoms with Crippen molar-refractivity contribution in [2.24, 2.45) is 5.73 Å². The van der Waals surface area contributed by atoms with Crippen molar-refractivity contribution in [1.29, 1.82) is 0 Å². The Labute approximate surface area is 118 Å². The van der Waals surface area contributed by atoms with Crippen LogP contribution in [0.3, 0.4) is 0 Å². The number of pyridine rings is 1. The van der Waals surface area contributed by atoms with Crippen molar-refractivity contribution in [3.05, 3.63) is 17.8 Å². The van der Waals surface area contributed by atoms with Gasteiger partial charge in [0.1, 0.15) is 5.82 Å². The minimum Gasteiger partial charge on any atom is -0.397 e. The van der Waals surface area contributed by atoms with E-state index in [9.17, 15) is 9.59 Å². The zero-order chi connectivity index (χ0) is 15.3. The average molecular weight is 279 g/mol. The van der Waals surface area contributed by atoms with E-state index in [2.05, 4.69) is 4.98 Å². The van der Waals surface area contributed by atoms with Crippen molar-refractivity contribution in [1.82, 2.24) is 9.88 Å². The first-order valence-electron chi connectivity index (χ1n) is 6.37. The first-order valence-corrected chi connectivity index (χ1v) is 6.37. The molecule has 0 atom stereocenters. The maximum Gasteiger partial charge on any atom is 0.250 e. The van der Waals surface area contributed by atoms with Gasteiger partial charge in [0.25, 0.3) is 5.91 Å². The quantitative estimate of drug-likeness (QED) is 0.766. The fourth-order valence-electron chi connectivity index (χ4n) is 1.69. The average Bonchev–Trinajstić information content (AvgIpc) is 2.38. The fraction of sp³-hybridized carbons (Fsp3) is 0.462. The van der Waals surface area contributed by atoms with E-state index in [4.69, 9.17) is 11.5 Å². The van der Waals surface area contributed by atoms with Gasteiger partial charge in [-0.25, -0.2) is 4.98 Å². The van der Waals surface area contributed by atoms with E-state index in [0.717, 1.165) is 6.42 Å². The normalized spacial score (nSPS) is 10.2. The molecule has 1 aromatic rings. The number of nitrogens with zero attached hydrogens (tertiary/aromatic N) is 3. The van der Waals surface area contributed by atoms with Crippen LogP contribution in [0.25, 0.3) is 0 Å². The lowest BCUT2D eigenvalue weighted by atomic mass is 10.2. The van der Waals surface area contributed by atoms with Crippen molar-refractivity contribution >= 4 is 23.3 Å². The molecule has 110 valence electrons. The minimum absolute atomic E-state index is 0.0438. The number of nitrogens with two attached hydrogens (primary N) is 2. The van der Waals surface area contributed by atoms with Crippen LogP contribution >= 0.6 is 0 Å². The molecule has 1 aromatic heterocycles. The predicted octanol–water partition coefficient (Wildman–Crippen LogP) is 0.0673. The summed E-state index contributed by atoms with van der Waals surface area (Å²) in [6.45, 7) is 2.84. The highest BCUT2D eigenvalue weighted by Crippen LogP contribution is 2.18. The number of nitrogen functional groups attached to an aromatic ring is 1. The van der Waals surface area contributed by atoms with Crippen LogP contribution in [0.5, 0.6) is 0 Å². The summed E-state index contributed by atoms with van der Waals surface area (Å²) in [6.07, 6.45) is 2.23. The van der Waals surface area contributed by atoms with Crippen LogP contribution in [0.15, 0.2) is 12.3 Å². The molecule has 0 aromatic carbocycles. The maximum absolute atomic E-state index is 11.8. The number of anilines is 2. The summed E-state index contributed by atoms with van der Waals surface area (Å²) >= 11 is 0. The number of amides is 2. The number of primary amides is 1. The second kappa shape index (κ2) is 6.74. The van der Waals surface area contributed by atoms with Gasteiger partial charge < -0.3 is 21.3 Å². The van der Waals surface area contributed by atoms with Gasteiger partial charge in [0.05, 0.1) is 24.0 Å². The molecule has 1 heterocycles. The topological polar surface area (TPSA) is 106 Å². The zero-order valence-electron chi connectivity index (χ0n) is 12.1. The van der Waals surface area contributed by atoms with E-state index in [1.54, 1.807) is 19.0 Å². The molecule has 0 bridgehead atoms. The molecule has 0 aliphatic rings. The number of likely N-dealkylation sites (N-methyl/N-ethyl adjacent to an activating group) is 1. The lowest BCUT2D eigenvalue weighted by Crippen LogP contribution is -2.37. The van der Waals surface area contributed by atoms with E-state index in [-0.39, 0.29) is 23.7 Å². The second-order valence-corrected chi connectivity index (χ2v) is 4.70. The van der Waals surface area contributed by atoms with Crippen LogP contribution in [0.2, 0.25) is 0 Å². The summed E-state index contributed by atoms with van der Waals surface area (Å²) in [5.74, 6) is -0.135. The van der Waals surface area contributed by atoms with Crippen LogP contribution in [0, 0.1) is 0 Å². The van der Waals surface area contributed by atoms with Crippen molar-refractivity contribution < 1.29 is 9.59 Å². The number of carbonyl (C=O) groups excluding carboxylic acids is 2. The monoisotopic (exact) mass is 279 g/mol. The molecule has 4 N–H and O–H groups in total. The lowest BCUT2D eigenvalue weighted by molar-refractivity contribution is -0.127. The molecule has 0 saturated carbocycles. The Balaban J connectivity index is 3.05. The first-order chi connectivity index (χ1) is 9.36. The Hall–Kier alpha value is -2.31. The Morgan fingerprint density at radius 3 is 2.50 bits per heavy atom. The summed E-state index contributed by atoms with van der Waals surface area (Å²) in [6, 6.07) is 1.52. The number of carbonyl (C=O) groups is 2. The van der Waals surface area contributed by atoms with Gasteiger partial charge in [-0.05, 0) is 12.5 Å². The molecule has 0 aliphatic carbocycles. The number of hydrogen-bond acceptors (Lipinski definition) is 5. The molecule has 0 saturated heterocycles. The highest BCUT2D eigenvalue weighted by molar-refractivity contribution is 5.98. The Bertz CT molecular complexity index is 502. The number of hydrogen-bond donors (Lipinski definition) is 2. The van der Waals surface area contributed by atoms with Crippen LogP contribution < -0.4 is 16.4 Å². The highest BCUT2D eigenvalue weighted by atomic mass is 16.2. The van der Waals surface area contributed by atoms with Crippen molar-refractivity contribution in [2.45, 2.75) is 13.3 Å². The van der Waals surface area contributed by atoms with Gasteiger partial charge in [-0.3, -0.25) is 9.59 Å². The second-order valence-electron chi connectivity index (χ2n) is 4.70. The molecule has 0 radical (unpaired) electrons. The predicted molar refractivity (Wildman–Crippen MR) is 78.4 cm³/mol. The first kappa shape index (κ1) is 15.7. The van der Waals surface area contributed by atoms with E-state index in [1.807, 2.05) is 6.92 Å². The summed E-state index contributed by atoms with van der Waals surface area (Å²) < 4.78 is 0. The molecule has 0 spiro atoms. The Kier molecular flexibility index (Phi) is 5.31. The molecule has 20 heavy (non-hydrogen) atoms. The van der Waals surface area contributed by atoms with Crippen LogP contribution in [-0.4, -0.2) is 48.9 Å². The van der Waals surface area contributed by atoms with Crippen molar-refractivity contribution in [3.63, 3.8) is 0 Å². The van der Waals surface area contributed by atoms with Gasteiger partial charge in [-0.2, -0.15) is 0 Å². The van der Waals surface area contributed by atoms with Gasteiger partial charge in [-0.1, -0.05) is 6.92 Å². The third kappa shape index (κ3) is 3.84. The Morgan fingerprint density at radius 1 is 1.35 bits per heavy atom. The third-order valence-corrected chi connectivity index (χ3v) is 2.83. The van der Waals surface area contributed by atoms with Crippen molar-refractivity contribution in [3.8, 4) is 0 Å². The molecule has 0 aliphatic heterocycles. The third-order valence-electron chi connectivity index (χ3n) is 2.83. The van der Waals surface area contributed by atoms with Gasteiger partial charge in [0.2, 0.25) is 5.91 Å². The fourth-order valence-corrected chi connectivity index (χ4v) is 1.69. The summed E-state index contributed by atoms with van der Waals surface area (Å²) in [4.78, 5) is 30.6. The zero-order valence-corrected chi connectivity index (χ0v) is 12.1. The van der Waals surface area contributed by atoms with E-state index in [0.29, 0.717) is 12.4 Å². The molecular weight excluding hydrogens is 258 g/mol. The molecule has 2 amide bonds. The molecular formula is C13H21N5O2. The smallest absolute Gasteiger partial charge is 0.250 e. The summed E-state index contributed by atoms with van der Waals surface area (Å²) in [5.41, 5.74) is 11.4. The van der Waals surface area contributed by atoms with E-state index < -0.39 is 5.91 Å². The van der Waals surface area contributed by atoms with Gasteiger partial charge in [0, 0.05) is 20.6 Å². The standard InChI is InChI=1S/C13H21N5O2/c1-4-5-18(8-12(19)17(2)3)11-6-9(13(15)20)10(14)7-16-11/h6-7H,4-5,8,14H2,1-3H3,(H2,15,20). The Morgan fingerprint density at radius 2 is 2.00 bits per heavy atom. The highest BCUT2D eigenvalue weighted by Gasteiger charge is 2.16.